The van der Waals surface area contributed by atoms with Gasteiger partial charge in [0.25, 0.3) is 0 Å². The lowest BCUT2D eigenvalue weighted by Crippen LogP contribution is -2.21. The van der Waals surface area contributed by atoms with Crippen molar-refractivity contribution in [3.63, 3.8) is 0 Å². The Morgan fingerprint density at radius 3 is 2.61 bits per heavy atom. The standard InChI is InChI=1S/C14H13Br2NO/c1-2-13(16)14(18)17-12-6-4-9-7-11(15)5-3-10(9)8-12/h3-8,13H,2H2,1H3,(H,17,18). The van der Waals surface area contributed by atoms with E-state index in [0.29, 0.717) is 0 Å². The van der Waals surface area contributed by atoms with Crippen LogP contribution in [0.15, 0.2) is 40.9 Å². The molecule has 0 aliphatic carbocycles. The first-order chi connectivity index (χ1) is 8.60. The number of hydrogen-bond acceptors (Lipinski definition) is 1. The number of anilines is 1. The van der Waals surface area contributed by atoms with Crippen LogP contribution in [0.25, 0.3) is 10.8 Å². The van der Waals surface area contributed by atoms with Crippen LogP contribution in [0.1, 0.15) is 13.3 Å². The highest BCUT2D eigenvalue weighted by Gasteiger charge is 2.12. The summed E-state index contributed by atoms with van der Waals surface area (Å²) in [6, 6.07) is 12.0. The lowest BCUT2D eigenvalue weighted by molar-refractivity contribution is -0.115. The third kappa shape index (κ3) is 3.12. The van der Waals surface area contributed by atoms with Gasteiger partial charge < -0.3 is 5.32 Å². The van der Waals surface area contributed by atoms with E-state index >= 15 is 0 Å². The molecule has 0 aromatic heterocycles. The van der Waals surface area contributed by atoms with E-state index in [1.54, 1.807) is 0 Å². The Balaban J connectivity index is 2.25. The highest BCUT2D eigenvalue weighted by atomic mass is 79.9. The van der Waals surface area contributed by atoms with Crippen molar-refractivity contribution in [2.45, 2.75) is 18.2 Å². The molecule has 0 radical (unpaired) electrons. The second kappa shape index (κ2) is 5.85. The van der Waals surface area contributed by atoms with Crippen molar-refractivity contribution in [1.29, 1.82) is 0 Å². The van der Waals surface area contributed by atoms with Gasteiger partial charge in [-0.3, -0.25) is 4.79 Å². The van der Waals surface area contributed by atoms with Gasteiger partial charge in [-0.2, -0.15) is 0 Å². The average Bonchev–Trinajstić information content (AvgIpc) is 2.38. The highest BCUT2D eigenvalue weighted by molar-refractivity contribution is 9.10. The van der Waals surface area contributed by atoms with Gasteiger partial charge >= 0.3 is 0 Å². The van der Waals surface area contributed by atoms with E-state index in [4.69, 9.17) is 0 Å². The van der Waals surface area contributed by atoms with Crippen LogP contribution in [-0.2, 0) is 4.79 Å². The van der Waals surface area contributed by atoms with Crippen LogP contribution in [0.2, 0.25) is 0 Å². The number of halogens is 2. The normalized spacial score (nSPS) is 12.4. The number of benzene rings is 2. The van der Waals surface area contributed by atoms with Crippen molar-refractivity contribution in [3.05, 3.63) is 40.9 Å². The third-order valence-electron chi connectivity index (χ3n) is 2.71. The molecule has 0 bridgehead atoms. The fourth-order valence-electron chi connectivity index (χ4n) is 1.70. The Kier molecular flexibility index (Phi) is 4.40. The molecule has 2 aromatic rings. The summed E-state index contributed by atoms with van der Waals surface area (Å²) < 4.78 is 1.05. The van der Waals surface area contributed by atoms with Crippen LogP contribution in [0.4, 0.5) is 5.69 Å². The Bertz CT molecular complexity index is 583. The fourth-order valence-corrected chi connectivity index (χ4v) is 2.19. The maximum Gasteiger partial charge on any atom is 0.238 e. The summed E-state index contributed by atoms with van der Waals surface area (Å²) in [6.07, 6.45) is 0.770. The van der Waals surface area contributed by atoms with Crippen molar-refractivity contribution in [2.75, 3.05) is 5.32 Å². The molecule has 0 fully saturated rings. The number of carbonyl (C=O) groups excluding carboxylic acids is 1. The number of alkyl halides is 1. The summed E-state index contributed by atoms with van der Waals surface area (Å²) in [4.78, 5) is 11.6. The molecule has 0 saturated heterocycles. The SMILES string of the molecule is CCC(Br)C(=O)Nc1ccc2cc(Br)ccc2c1. The molecule has 18 heavy (non-hydrogen) atoms. The summed E-state index contributed by atoms with van der Waals surface area (Å²) in [5.41, 5.74) is 0.827. The second-order valence-corrected chi connectivity index (χ2v) is 6.09. The molecular weight excluding hydrogens is 358 g/mol. The highest BCUT2D eigenvalue weighted by Crippen LogP contribution is 2.23. The van der Waals surface area contributed by atoms with Gasteiger partial charge in [-0.15, -0.1) is 0 Å². The van der Waals surface area contributed by atoms with Crippen LogP contribution in [0.5, 0.6) is 0 Å². The Labute approximate surface area is 123 Å². The first-order valence-electron chi connectivity index (χ1n) is 5.74. The molecule has 1 unspecified atom stereocenters. The molecule has 2 nitrogen and oxygen atoms in total. The van der Waals surface area contributed by atoms with Gasteiger partial charge in [0, 0.05) is 10.2 Å². The van der Waals surface area contributed by atoms with E-state index < -0.39 is 0 Å². The van der Waals surface area contributed by atoms with Gasteiger partial charge in [0.15, 0.2) is 0 Å². The van der Waals surface area contributed by atoms with Gasteiger partial charge in [-0.25, -0.2) is 0 Å². The van der Waals surface area contributed by atoms with E-state index in [0.717, 1.165) is 27.4 Å². The van der Waals surface area contributed by atoms with Crippen LogP contribution in [-0.4, -0.2) is 10.7 Å². The smallest absolute Gasteiger partial charge is 0.238 e. The lowest BCUT2D eigenvalue weighted by atomic mass is 10.1. The fraction of sp³-hybridized carbons (Fsp3) is 0.214. The van der Waals surface area contributed by atoms with Crippen LogP contribution in [0, 0.1) is 0 Å². The van der Waals surface area contributed by atoms with Gasteiger partial charge in [-0.1, -0.05) is 50.9 Å². The molecule has 0 aliphatic heterocycles. The quantitative estimate of drug-likeness (QED) is 0.778. The molecule has 1 N–H and O–H groups in total. The topological polar surface area (TPSA) is 29.1 Å². The number of rotatable bonds is 3. The monoisotopic (exact) mass is 369 g/mol. The molecule has 0 saturated carbocycles. The minimum Gasteiger partial charge on any atom is -0.325 e. The van der Waals surface area contributed by atoms with Crippen molar-refractivity contribution < 1.29 is 4.79 Å². The Morgan fingerprint density at radius 2 is 1.89 bits per heavy atom. The summed E-state index contributed by atoms with van der Waals surface area (Å²) >= 11 is 6.78. The van der Waals surface area contributed by atoms with Crippen LogP contribution >= 0.6 is 31.9 Å². The maximum absolute atomic E-state index is 11.8. The molecule has 0 aliphatic rings. The van der Waals surface area contributed by atoms with Gasteiger partial charge in [0.2, 0.25) is 5.91 Å². The summed E-state index contributed by atoms with van der Waals surface area (Å²) in [7, 11) is 0. The minimum absolute atomic E-state index is 0.00559. The van der Waals surface area contributed by atoms with Crippen LogP contribution < -0.4 is 5.32 Å². The summed E-state index contributed by atoms with van der Waals surface area (Å²) in [6.45, 7) is 1.97. The number of nitrogens with one attached hydrogen (secondary N) is 1. The largest absolute Gasteiger partial charge is 0.325 e. The van der Waals surface area contributed by atoms with Gasteiger partial charge in [0.1, 0.15) is 0 Å². The zero-order valence-corrected chi connectivity index (χ0v) is 13.1. The van der Waals surface area contributed by atoms with E-state index in [1.165, 1.54) is 0 Å². The number of carbonyl (C=O) groups is 1. The summed E-state index contributed by atoms with van der Waals surface area (Å²) in [5, 5.41) is 5.16. The van der Waals surface area contributed by atoms with Gasteiger partial charge in [-0.05, 0) is 41.5 Å². The van der Waals surface area contributed by atoms with E-state index in [2.05, 4.69) is 43.2 Å². The van der Waals surface area contributed by atoms with Crippen molar-refractivity contribution in [3.8, 4) is 0 Å². The molecule has 2 aromatic carbocycles. The molecule has 4 heteroatoms. The zero-order chi connectivity index (χ0) is 13.1. The van der Waals surface area contributed by atoms with Crippen molar-refractivity contribution in [2.24, 2.45) is 0 Å². The number of hydrogen-bond donors (Lipinski definition) is 1. The Hall–Kier alpha value is -0.870. The predicted molar refractivity (Wildman–Crippen MR) is 83.3 cm³/mol. The second-order valence-electron chi connectivity index (χ2n) is 4.07. The van der Waals surface area contributed by atoms with E-state index in [1.807, 2.05) is 37.3 Å². The van der Waals surface area contributed by atoms with E-state index in [-0.39, 0.29) is 10.7 Å². The molecule has 1 atom stereocenters. The van der Waals surface area contributed by atoms with Crippen molar-refractivity contribution in [1.82, 2.24) is 0 Å². The molecule has 0 spiro atoms. The first kappa shape index (κ1) is 13.6. The predicted octanol–water partition coefficient (Wildman–Crippen LogP) is 4.71. The van der Waals surface area contributed by atoms with Crippen molar-refractivity contribution >= 4 is 54.2 Å². The van der Waals surface area contributed by atoms with Gasteiger partial charge in [0.05, 0.1) is 4.83 Å². The minimum atomic E-state index is -0.141. The lowest BCUT2D eigenvalue weighted by Gasteiger charge is -2.09. The first-order valence-corrected chi connectivity index (χ1v) is 7.45. The number of fused-ring (bicyclic) bond motifs is 1. The van der Waals surface area contributed by atoms with E-state index in [9.17, 15) is 4.79 Å². The Morgan fingerprint density at radius 1 is 1.22 bits per heavy atom. The number of amides is 1. The molecule has 0 heterocycles. The average molecular weight is 371 g/mol. The zero-order valence-electron chi connectivity index (χ0n) is 9.91. The maximum atomic E-state index is 11.8. The summed E-state index contributed by atoms with van der Waals surface area (Å²) in [5.74, 6) is -0.00559. The van der Waals surface area contributed by atoms with Crippen LogP contribution in [0.3, 0.4) is 0 Å². The third-order valence-corrected chi connectivity index (χ3v) is 4.27. The molecular formula is C14H13Br2NO. The molecule has 1 amide bonds. The molecule has 2 rings (SSSR count). The molecule has 94 valence electrons.